The summed E-state index contributed by atoms with van der Waals surface area (Å²) in [5.41, 5.74) is 3.60. The molecule has 0 amide bonds. The number of aryl methyl sites for hydroxylation is 1. The van der Waals surface area contributed by atoms with Gasteiger partial charge in [-0.15, -0.1) is 13.2 Å². The van der Waals surface area contributed by atoms with Crippen LogP contribution in [0.3, 0.4) is 0 Å². The molecular weight excluding hydrogens is 411 g/mol. The Morgan fingerprint density at radius 3 is 2.06 bits per heavy atom. The van der Waals surface area contributed by atoms with Crippen LogP contribution in [0.1, 0.15) is 12.5 Å². The first kappa shape index (κ1) is 20.8. The van der Waals surface area contributed by atoms with Crippen LogP contribution in [0, 0.1) is 11.6 Å². The van der Waals surface area contributed by atoms with E-state index >= 15 is 0 Å². The molecular formula is C25H17F5O. The van der Waals surface area contributed by atoms with Crippen molar-refractivity contribution in [3.63, 3.8) is 0 Å². The lowest BCUT2D eigenvalue weighted by Gasteiger charge is -2.12. The Hall–Kier alpha value is -3.41. The molecule has 0 atom stereocenters. The molecule has 0 aliphatic rings. The van der Waals surface area contributed by atoms with E-state index in [0.717, 1.165) is 23.6 Å². The fourth-order valence-corrected chi connectivity index (χ4v) is 3.50. The van der Waals surface area contributed by atoms with Gasteiger partial charge in [-0.05, 0) is 52.3 Å². The molecule has 0 unspecified atom stereocenters. The van der Waals surface area contributed by atoms with Crippen molar-refractivity contribution in [1.82, 2.24) is 0 Å². The molecule has 158 valence electrons. The highest BCUT2D eigenvalue weighted by molar-refractivity contribution is 5.89. The molecule has 4 aromatic rings. The molecule has 1 nitrogen and oxygen atoms in total. The molecule has 4 aromatic carbocycles. The standard InChI is InChI=1S/C25H17F5O/c1-2-15-3-5-16(6-4-15)17-7-10-20(22(26)14-17)18-8-11-21-19(13-18)9-12-23(24(21)27)31-25(28,29)30/h3-14H,2H2,1H3. The van der Waals surface area contributed by atoms with Gasteiger partial charge >= 0.3 is 6.36 Å². The second-order valence-electron chi connectivity index (χ2n) is 7.11. The highest BCUT2D eigenvalue weighted by atomic mass is 19.4. The molecule has 0 saturated carbocycles. The quantitative estimate of drug-likeness (QED) is 0.300. The van der Waals surface area contributed by atoms with Crippen LogP contribution in [0.4, 0.5) is 22.0 Å². The summed E-state index contributed by atoms with van der Waals surface area (Å²) in [5.74, 6) is -2.47. The van der Waals surface area contributed by atoms with Gasteiger partial charge in [0.05, 0.1) is 0 Å². The van der Waals surface area contributed by atoms with E-state index in [0.29, 0.717) is 16.5 Å². The number of halogens is 5. The number of benzene rings is 4. The first-order valence-electron chi connectivity index (χ1n) is 9.62. The van der Waals surface area contributed by atoms with Gasteiger partial charge in [-0.3, -0.25) is 0 Å². The first-order valence-corrected chi connectivity index (χ1v) is 9.62. The van der Waals surface area contributed by atoms with Gasteiger partial charge in [-0.1, -0.05) is 61.5 Å². The number of ether oxygens (including phenoxy) is 1. The van der Waals surface area contributed by atoms with Crippen molar-refractivity contribution >= 4 is 10.8 Å². The number of hydrogen-bond acceptors (Lipinski definition) is 1. The fourth-order valence-electron chi connectivity index (χ4n) is 3.50. The summed E-state index contributed by atoms with van der Waals surface area (Å²) < 4.78 is 70.2. The Labute approximate surface area is 175 Å². The van der Waals surface area contributed by atoms with Crippen LogP contribution in [0.15, 0.2) is 72.8 Å². The molecule has 4 rings (SSSR count). The minimum atomic E-state index is -4.99. The summed E-state index contributed by atoms with van der Waals surface area (Å²) in [6, 6.07) is 19.3. The van der Waals surface area contributed by atoms with Gasteiger partial charge in [0.2, 0.25) is 0 Å². The minimum Gasteiger partial charge on any atom is -0.403 e. The maximum atomic E-state index is 14.9. The van der Waals surface area contributed by atoms with Gasteiger partial charge in [0.1, 0.15) is 5.82 Å². The summed E-state index contributed by atoms with van der Waals surface area (Å²) >= 11 is 0. The van der Waals surface area contributed by atoms with Gasteiger partial charge in [0, 0.05) is 10.9 Å². The van der Waals surface area contributed by atoms with E-state index in [1.54, 1.807) is 12.1 Å². The summed E-state index contributed by atoms with van der Waals surface area (Å²) in [6.07, 6.45) is -4.07. The molecule has 0 aromatic heterocycles. The number of rotatable bonds is 4. The molecule has 0 aliphatic heterocycles. The van der Waals surface area contributed by atoms with E-state index in [-0.39, 0.29) is 5.39 Å². The molecule has 0 radical (unpaired) electrons. The molecule has 31 heavy (non-hydrogen) atoms. The van der Waals surface area contributed by atoms with Crippen molar-refractivity contribution in [1.29, 1.82) is 0 Å². The molecule has 0 spiro atoms. The van der Waals surface area contributed by atoms with Gasteiger partial charge in [-0.2, -0.15) is 0 Å². The van der Waals surface area contributed by atoms with Gasteiger partial charge in [0.15, 0.2) is 11.6 Å². The lowest BCUT2D eigenvalue weighted by molar-refractivity contribution is -0.275. The van der Waals surface area contributed by atoms with Crippen LogP contribution >= 0.6 is 0 Å². The van der Waals surface area contributed by atoms with Crippen molar-refractivity contribution in [2.24, 2.45) is 0 Å². The Kier molecular flexibility index (Phi) is 5.39. The van der Waals surface area contributed by atoms with E-state index in [2.05, 4.69) is 11.7 Å². The highest BCUT2D eigenvalue weighted by Gasteiger charge is 2.32. The third kappa shape index (κ3) is 4.38. The van der Waals surface area contributed by atoms with Crippen LogP contribution in [0.25, 0.3) is 33.0 Å². The first-order chi connectivity index (χ1) is 14.7. The summed E-state index contributed by atoms with van der Waals surface area (Å²) in [6.45, 7) is 2.06. The number of fused-ring (bicyclic) bond motifs is 1. The lowest BCUT2D eigenvalue weighted by atomic mass is 9.97. The van der Waals surface area contributed by atoms with Crippen molar-refractivity contribution < 1.29 is 26.7 Å². The monoisotopic (exact) mass is 428 g/mol. The molecule has 6 heteroatoms. The van der Waals surface area contributed by atoms with E-state index in [4.69, 9.17) is 0 Å². The SMILES string of the molecule is CCc1ccc(-c2ccc(-c3ccc4c(F)c(OC(F)(F)F)ccc4c3)c(F)c2)cc1. The van der Waals surface area contributed by atoms with Gasteiger partial charge in [0.25, 0.3) is 0 Å². The van der Waals surface area contributed by atoms with E-state index < -0.39 is 23.7 Å². The Bertz CT molecular complexity index is 1240. The fraction of sp³-hybridized carbons (Fsp3) is 0.120. The molecule has 0 aliphatic carbocycles. The molecule has 0 bridgehead atoms. The summed E-state index contributed by atoms with van der Waals surface area (Å²) in [7, 11) is 0. The average molecular weight is 428 g/mol. The smallest absolute Gasteiger partial charge is 0.403 e. The largest absolute Gasteiger partial charge is 0.573 e. The zero-order valence-corrected chi connectivity index (χ0v) is 16.4. The summed E-state index contributed by atoms with van der Waals surface area (Å²) in [5, 5.41) is 0.293. The van der Waals surface area contributed by atoms with Crippen LogP contribution in [-0.2, 0) is 6.42 Å². The maximum absolute atomic E-state index is 14.9. The van der Waals surface area contributed by atoms with Crippen molar-refractivity contribution in [3.05, 3.63) is 90.0 Å². The van der Waals surface area contributed by atoms with Crippen molar-refractivity contribution in [3.8, 4) is 28.0 Å². The highest BCUT2D eigenvalue weighted by Crippen LogP contribution is 2.34. The van der Waals surface area contributed by atoms with Crippen LogP contribution in [0.2, 0.25) is 0 Å². The minimum absolute atomic E-state index is 0.0430. The Morgan fingerprint density at radius 1 is 0.742 bits per heavy atom. The number of hydrogen-bond donors (Lipinski definition) is 0. The second-order valence-corrected chi connectivity index (χ2v) is 7.11. The molecule has 0 saturated heterocycles. The second kappa shape index (κ2) is 8.02. The van der Waals surface area contributed by atoms with Crippen LogP contribution in [-0.4, -0.2) is 6.36 Å². The van der Waals surface area contributed by atoms with Crippen LogP contribution in [0.5, 0.6) is 5.75 Å². The predicted octanol–water partition coefficient (Wildman–Crippen LogP) is 7.91. The summed E-state index contributed by atoms with van der Waals surface area (Å²) in [4.78, 5) is 0. The molecule has 0 heterocycles. The normalized spacial score (nSPS) is 11.7. The average Bonchev–Trinajstić information content (AvgIpc) is 2.75. The number of alkyl halides is 3. The topological polar surface area (TPSA) is 9.23 Å². The zero-order chi connectivity index (χ0) is 22.2. The zero-order valence-electron chi connectivity index (χ0n) is 16.4. The third-order valence-electron chi connectivity index (χ3n) is 5.12. The molecule has 0 fully saturated rings. The molecule has 0 N–H and O–H groups in total. The van der Waals surface area contributed by atoms with Crippen LogP contribution < -0.4 is 4.74 Å². The third-order valence-corrected chi connectivity index (χ3v) is 5.12. The van der Waals surface area contributed by atoms with E-state index in [1.807, 2.05) is 24.3 Å². The maximum Gasteiger partial charge on any atom is 0.573 e. The van der Waals surface area contributed by atoms with Crippen molar-refractivity contribution in [2.45, 2.75) is 19.7 Å². The van der Waals surface area contributed by atoms with Gasteiger partial charge < -0.3 is 4.74 Å². The predicted molar refractivity (Wildman–Crippen MR) is 111 cm³/mol. The Morgan fingerprint density at radius 2 is 1.42 bits per heavy atom. The van der Waals surface area contributed by atoms with E-state index in [1.165, 1.54) is 35.9 Å². The van der Waals surface area contributed by atoms with E-state index in [9.17, 15) is 22.0 Å². The lowest BCUT2D eigenvalue weighted by Crippen LogP contribution is -2.17. The Balaban J connectivity index is 1.68. The van der Waals surface area contributed by atoms with Crippen molar-refractivity contribution in [2.75, 3.05) is 0 Å². The van der Waals surface area contributed by atoms with Gasteiger partial charge in [-0.25, -0.2) is 8.78 Å².